The molecule has 0 radical (unpaired) electrons. The molecule has 25 heavy (non-hydrogen) atoms. The van der Waals surface area contributed by atoms with Crippen molar-refractivity contribution in [3.05, 3.63) is 57.7 Å². The number of hydrogen-bond donors (Lipinski definition) is 2. The number of aromatic nitrogens is 1. The van der Waals surface area contributed by atoms with E-state index >= 15 is 0 Å². The number of rotatable bonds is 3. The van der Waals surface area contributed by atoms with Crippen LogP contribution in [0.1, 0.15) is 28.4 Å². The number of fused-ring (bicyclic) bond motifs is 3. The molecule has 1 aliphatic rings. The minimum Gasteiger partial charge on any atom is -0.497 e. The number of H-pyrrole nitrogens is 1. The fourth-order valence-electron chi connectivity index (χ4n) is 3.85. The van der Waals surface area contributed by atoms with Crippen molar-refractivity contribution in [3.63, 3.8) is 0 Å². The lowest BCUT2D eigenvalue weighted by Crippen LogP contribution is -2.30. The number of aromatic amines is 1. The maximum absolute atomic E-state index is 6.33. The normalized spacial score (nSPS) is 16.7. The molecule has 0 saturated heterocycles. The van der Waals surface area contributed by atoms with Crippen LogP contribution in [0, 0.1) is 6.92 Å². The Morgan fingerprint density at radius 2 is 1.96 bits per heavy atom. The number of hydrogen-bond acceptors (Lipinski definition) is 3. The SMILES string of the molecule is COc1ccc2[nH]c3c(c2c1)CCNC3c1cc(Cl)cc(C)c1OC. The zero-order chi connectivity index (χ0) is 17.6. The summed E-state index contributed by atoms with van der Waals surface area (Å²) in [5.41, 5.74) is 5.73. The summed E-state index contributed by atoms with van der Waals surface area (Å²) in [5.74, 6) is 1.76. The van der Waals surface area contributed by atoms with Gasteiger partial charge in [0.05, 0.1) is 20.3 Å². The number of methoxy groups -OCH3 is 2. The molecule has 130 valence electrons. The summed E-state index contributed by atoms with van der Waals surface area (Å²) in [5, 5.41) is 5.55. The van der Waals surface area contributed by atoms with Crippen LogP contribution in [0.15, 0.2) is 30.3 Å². The van der Waals surface area contributed by atoms with Crippen LogP contribution in [0.25, 0.3) is 10.9 Å². The molecule has 1 aliphatic heterocycles. The van der Waals surface area contributed by atoms with Crippen LogP contribution < -0.4 is 14.8 Å². The summed E-state index contributed by atoms with van der Waals surface area (Å²) in [4.78, 5) is 3.59. The van der Waals surface area contributed by atoms with Gasteiger partial charge in [-0.3, -0.25) is 0 Å². The van der Waals surface area contributed by atoms with Gasteiger partial charge in [0.15, 0.2) is 0 Å². The number of halogens is 1. The average molecular weight is 357 g/mol. The van der Waals surface area contributed by atoms with Crippen LogP contribution in [0.3, 0.4) is 0 Å². The summed E-state index contributed by atoms with van der Waals surface area (Å²) < 4.78 is 11.1. The van der Waals surface area contributed by atoms with E-state index < -0.39 is 0 Å². The van der Waals surface area contributed by atoms with E-state index in [0.717, 1.165) is 46.1 Å². The molecule has 1 unspecified atom stereocenters. The molecule has 3 aromatic rings. The van der Waals surface area contributed by atoms with Crippen molar-refractivity contribution in [2.45, 2.75) is 19.4 Å². The molecule has 5 heteroatoms. The minimum absolute atomic E-state index is 0.0227. The zero-order valence-corrected chi connectivity index (χ0v) is 15.3. The molecule has 0 bridgehead atoms. The van der Waals surface area contributed by atoms with E-state index in [-0.39, 0.29) is 6.04 Å². The molecular weight excluding hydrogens is 336 g/mol. The highest BCUT2D eigenvalue weighted by molar-refractivity contribution is 6.30. The van der Waals surface area contributed by atoms with E-state index in [9.17, 15) is 0 Å². The quantitative estimate of drug-likeness (QED) is 0.732. The van der Waals surface area contributed by atoms with Crippen molar-refractivity contribution < 1.29 is 9.47 Å². The van der Waals surface area contributed by atoms with Crippen LogP contribution in [-0.4, -0.2) is 25.7 Å². The van der Waals surface area contributed by atoms with Crippen molar-refractivity contribution in [2.24, 2.45) is 0 Å². The standard InChI is InChI=1S/C20H21ClN2O2/c1-11-8-12(21)9-16(20(11)25-3)18-19-14(6-7-22-18)15-10-13(24-2)4-5-17(15)23-19/h4-5,8-10,18,22-23H,6-7H2,1-3H3. The van der Waals surface area contributed by atoms with Crippen molar-refractivity contribution in [1.82, 2.24) is 10.3 Å². The molecule has 1 aromatic heterocycles. The van der Waals surface area contributed by atoms with Gasteiger partial charge in [-0.25, -0.2) is 0 Å². The minimum atomic E-state index is 0.0227. The molecule has 0 saturated carbocycles. The Morgan fingerprint density at radius 3 is 2.72 bits per heavy atom. The number of ether oxygens (including phenoxy) is 2. The zero-order valence-electron chi connectivity index (χ0n) is 14.6. The molecule has 2 heterocycles. The number of benzene rings is 2. The second-order valence-electron chi connectivity index (χ2n) is 6.41. The van der Waals surface area contributed by atoms with Gasteiger partial charge in [0, 0.05) is 33.7 Å². The van der Waals surface area contributed by atoms with Gasteiger partial charge in [-0.05, 0) is 54.8 Å². The summed E-state index contributed by atoms with van der Waals surface area (Å²) >= 11 is 6.33. The molecule has 4 nitrogen and oxygen atoms in total. The highest BCUT2D eigenvalue weighted by atomic mass is 35.5. The first kappa shape index (κ1) is 16.3. The van der Waals surface area contributed by atoms with E-state index in [1.54, 1.807) is 14.2 Å². The van der Waals surface area contributed by atoms with E-state index in [4.69, 9.17) is 21.1 Å². The van der Waals surface area contributed by atoms with Crippen LogP contribution in [0.4, 0.5) is 0 Å². The van der Waals surface area contributed by atoms with Crippen LogP contribution in [0.2, 0.25) is 5.02 Å². The van der Waals surface area contributed by atoms with Gasteiger partial charge in [-0.1, -0.05) is 11.6 Å². The summed E-state index contributed by atoms with van der Waals surface area (Å²) in [6.07, 6.45) is 0.973. The van der Waals surface area contributed by atoms with Crippen molar-refractivity contribution in [3.8, 4) is 11.5 Å². The van der Waals surface area contributed by atoms with Gasteiger partial charge in [0.1, 0.15) is 11.5 Å². The summed E-state index contributed by atoms with van der Waals surface area (Å²) in [7, 11) is 3.41. The monoisotopic (exact) mass is 356 g/mol. The molecule has 2 N–H and O–H groups in total. The fourth-order valence-corrected chi connectivity index (χ4v) is 4.13. The Hall–Kier alpha value is -2.17. The largest absolute Gasteiger partial charge is 0.497 e. The van der Waals surface area contributed by atoms with E-state index in [0.29, 0.717) is 0 Å². The predicted octanol–water partition coefficient (Wildman–Crippen LogP) is 4.38. The molecule has 0 aliphatic carbocycles. The topological polar surface area (TPSA) is 46.3 Å². The van der Waals surface area contributed by atoms with Gasteiger partial charge >= 0.3 is 0 Å². The third kappa shape index (κ3) is 2.66. The molecule has 0 amide bonds. The Morgan fingerprint density at radius 1 is 1.12 bits per heavy atom. The number of aryl methyl sites for hydroxylation is 1. The van der Waals surface area contributed by atoms with E-state index in [2.05, 4.69) is 22.4 Å². The highest BCUT2D eigenvalue weighted by Gasteiger charge is 2.28. The van der Waals surface area contributed by atoms with Crippen LogP contribution >= 0.6 is 11.6 Å². The molecule has 1 atom stereocenters. The Bertz CT molecular complexity index is 949. The molecule has 4 rings (SSSR count). The lowest BCUT2D eigenvalue weighted by atomic mass is 9.92. The fraction of sp³-hybridized carbons (Fsp3) is 0.300. The van der Waals surface area contributed by atoms with Gasteiger partial charge in [0.25, 0.3) is 0 Å². The summed E-state index contributed by atoms with van der Waals surface area (Å²) in [6, 6.07) is 10.1. The average Bonchev–Trinajstić information content (AvgIpc) is 2.98. The van der Waals surface area contributed by atoms with Gasteiger partial charge in [-0.2, -0.15) is 0 Å². The smallest absolute Gasteiger partial charge is 0.127 e. The van der Waals surface area contributed by atoms with E-state index in [1.807, 2.05) is 25.1 Å². The first-order valence-corrected chi connectivity index (χ1v) is 8.76. The second kappa shape index (κ2) is 6.28. The van der Waals surface area contributed by atoms with Gasteiger partial charge in [0.2, 0.25) is 0 Å². The van der Waals surface area contributed by atoms with Gasteiger partial charge < -0.3 is 19.8 Å². The Balaban J connectivity index is 1.91. The molecule has 0 spiro atoms. The Kier molecular flexibility index (Phi) is 4.10. The van der Waals surface area contributed by atoms with Crippen molar-refractivity contribution in [2.75, 3.05) is 20.8 Å². The van der Waals surface area contributed by atoms with Crippen LogP contribution in [0.5, 0.6) is 11.5 Å². The maximum atomic E-state index is 6.33. The first-order chi connectivity index (χ1) is 12.1. The molecule has 0 fully saturated rings. The molecular formula is C20H21ClN2O2. The first-order valence-electron chi connectivity index (χ1n) is 8.38. The predicted molar refractivity (Wildman–Crippen MR) is 101 cm³/mol. The van der Waals surface area contributed by atoms with Crippen molar-refractivity contribution >= 4 is 22.5 Å². The third-order valence-electron chi connectivity index (χ3n) is 4.94. The van der Waals surface area contributed by atoms with Gasteiger partial charge in [-0.15, -0.1) is 0 Å². The van der Waals surface area contributed by atoms with E-state index in [1.165, 1.54) is 16.6 Å². The maximum Gasteiger partial charge on any atom is 0.127 e. The van der Waals surface area contributed by atoms with Crippen LogP contribution in [-0.2, 0) is 6.42 Å². The highest BCUT2D eigenvalue weighted by Crippen LogP contribution is 2.40. The lowest BCUT2D eigenvalue weighted by molar-refractivity contribution is 0.399. The molecule has 2 aromatic carbocycles. The second-order valence-corrected chi connectivity index (χ2v) is 6.85. The third-order valence-corrected chi connectivity index (χ3v) is 5.16. The number of nitrogens with one attached hydrogen (secondary N) is 2. The van der Waals surface area contributed by atoms with Crippen molar-refractivity contribution in [1.29, 1.82) is 0 Å². The lowest BCUT2D eigenvalue weighted by Gasteiger charge is -2.27. The summed E-state index contributed by atoms with van der Waals surface area (Å²) in [6.45, 7) is 2.92. The Labute approximate surface area is 152 Å².